The summed E-state index contributed by atoms with van der Waals surface area (Å²) in [5, 5.41) is 6.52. The van der Waals surface area contributed by atoms with Crippen molar-refractivity contribution in [2.75, 3.05) is 58.1 Å². The molecule has 8 aromatic carbocycles. The van der Waals surface area contributed by atoms with Crippen LogP contribution in [0.1, 0.15) is 86.5 Å². The van der Waals surface area contributed by atoms with E-state index in [1.807, 2.05) is 0 Å². The molecular formula is C72H48N14Na6O24S6. The first-order valence-electron chi connectivity index (χ1n) is 32.9. The largest absolute Gasteiger partial charge is 1.00 e. The smallest absolute Gasteiger partial charge is 0.754 e. The predicted octanol–water partition coefficient (Wildman–Crippen LogP) is -15.1. The van der Waals surface area contributed by atoms with Crippen LogP contribution in [0.25, 0.3) is 44.1 Å². The number of hydrogen-bond donors (Lipinski definition) is 4. The maximum absolute atomic E-state index is 14.8. The second-order valence-electron chi connectivity index (χ2n) is 25.1. The number of carbonyl (C=O) groups excluding carboxylic acids is 4. The van der Waals surface area contributed by atoms with Gasteiger partial charge < -0.3 is 59.5 Å². The van der Waals surface area contributed by atoms with E-state index in [0.29, 0.717) is 16.5 Å². The fourth-order valence-corrected chi connectivity index (χ4v) is 15.3. The van der Waals surface area contributed by atoms with Gasteiger partial charge in [0.15, 0.2) is 17.3 Å². The van der Waals surface area contributed by atoms with Crippen LogP contribution < -0.4 is 220 Å². The van der Waals surface area contributed by atoms with Crippen molar-refractivity contribution in [3.8, 4) is 22.3 Å². The Balaban J connectivity index is 0.00000120. The summed E-state index contributed by atoms with van der Waals surface area (Å²) in [6.45, 7) is 0.859. The van der Waals surface area contributed by atoms with Gasteiger partial charge in [0, 0.05) is 103 Å². The molecule has 122 heavy (non-hydrogen) atoms. The number of nitrogens with one attached hydrogen (secondary N) is 2. The van der Waals surface area contributed by atoms with E-state index < -0.39 is 117 Å². The third-order valence-corrected chi connectivity index (χ3v) is 20.9. The molecular weight excluding hydrogens is 1780 g/mol. The van der Waals surface area contributed by atoms with E-state index in [4.69, 9.17) is 49.3 Å². The molecule has 50 heteroatoms. The number of hydrogen-bond acceptors (Lipinski definition) is 36. The molecule has 0 unspecified atom stereocenters. The van der Waals surface area contributed by atoms with Gasteiger partial charge in [-0.15, -0.1) is 55.6 Å². The van der Waals surface area contributed by atoms with Gasteiger partial charge in [0.05, 0.1) is 58.4 Å². The number of anilines is 8. The van der Waals surface area contributed by atoms with Crippen LogP contribution in [0.2, 0.25) is 0 Å². The molecule has 2 aliphatic carbocycles. The average molecular weight is 1820 g/mol. The van der Waals surface area contributed by atoms with Gasteiger partial charge in [-0.1, -0.05) is 77.6 Å². The summed E-state index contributed by atoms with van der Waals surface area (Å²) in [6.07, 6.45) is -0.559. The van der Waals surface area contributed by atoms with Crippen LogP contribution in [0.5, 0.6) is 0 Å². The van der Waals surface area contributed by atoms with Gasteiger partial charge in [0.25, 0.3) is 11.1 Å². The Morgan fingerprint density at radius 2 is 0.885 bits per heavy atom. The van der Waals surface area contributed by atoms with Gasteiger partial charge in [-0.3, -0.25) is 40.8 Å². The number of fused-ring (bicyclic) bond motifs is 4. The van der Waals surface area contributed by atoms with Crippen LogP contribution in [-0.4, -0.2) is 165 Å². The minimum absolute atomic E-state index is 0. The quantitative estimate of drug-likeness (QED) is 0.0285. The summed E-state index contributed by atoms with van der Waals surface area (Å²) in [4.78, 5) is 115. The van der Waals surface area contributed by atoms with Gasteiger partial charge in [-0.05, 0) is 57.3 Å². The number of nitrogens with zero attached hydrogens (tertiary/aromatic N) is 10. The Morgan fingerprint density at radius 1 is 0.459 bits per heavy atom. The van der Waals surface area contributed by atoms with Crippen molar-refractivity contribution in [1.82, 2.24) is 39.0 Å². The van der Waals surface area contributed by atoms with Crippen molar-refractivity contribution in [3.63, 3.8) is 0 Å². The number of aryl methyl sites for hydroxylation is 2. The molecule has 0 amide bonds. The molecule has 38 nitrogen and oxygen atoms in total. The van der Waals surface area contributed by atoms with Crippen LogP contribution >= 0.6 is 0 Å². The molecule has 0 radical (unpaired) electrons. The molecule has 6 N–H and O–H groups in total. The van der Waals surface area contributed by atoms with E-state index in [1.54, 1.807) is 76.5 Å². The molecule has 0 saturated carbocycles. The average Bonchev–Trinajstić information content (AvgIpc) is 0.714. The number of nitrogens with two attached hydrogens (primary N) is 2. The van der Waals surface area contributed by atoms with Crippen molar-refractivity contribution < 1.29 is 273 Å². The third-order valence-electron chi connectivity index (χ3n) is 18.2. The third kappa shape index (κ3) is 22.6. The van der Waals surface area contributed by atoms with E-state index in [9.17, 15) is 67.7 Å². The van der Waals surface area contributed by atoms with Crippen LogP contribution in [0.15, 0.2) is 170 Å². The van der Waals surface area contributed by atoms with Crippen molar-refractivity contribution in [2.45, 2.75) is 27.5 Å². The minimum Gasteiger partial charge on any atom is -0.754 e. The Hall–Kier alpha value is -7.73. The zero-order valence-electron chi connectivity index (χ0n) is 65.0. The summed E-state index contributed by atoms with van der Waals surface area (Å²) < 4.78 is 192. The number of ketones is 4. The maximum Gasteiger partial charge on any atom is 1.00 e. The Bertz CT molecular complexity index is 7090. The van der Waals surface area contributed by atoms with E-state index in [-0.39, 0.29) is 352 Å². The summed E-state index contributed by atoms with van der Waals surface area (Å²) in [5.41, 5.74) is 12.0. The Morgan fingerprint density at radius 3 is 1.33 bits per heavy atom. The number of rotatable bonds is 17. The molecule has 4 aromatic heterocycles. The molecule has 1 saturated heterocycles. The van der Waals surface area contributed by atoms with Gasteiger partial charge >= 0.3 is 209 Å². The zero-order valence-corrected chi connectivity index (χ0v) is 81.9. The number of pyridine rings is 2. The second-order valence-corrected chi connectivity index (χ2v) is 30.4. The topological polar surface area (TPSA) is 597 Å². The SMILES string of the molecule is Cn1c(=O)c(C(=O)c2c[c-]ccc2)c2c3c(c(Nc4[c-]cc(S(=O)(=O)[O-])c(Cc5nc(N)nc(N6CCN(c7nc(N)nc(Cc8[c-]cc(S(=O)(=O)[O-])c(Nc9ccc%10c%11c9C(=O)c9ccccc9-c%11c(C(=O)c9cccc(S(=O)(=O)[O-])c9)c(=O)n%10C)c8)n7)CC6)n5)c4)ccc31)C(=O)c1ccccc1-2.O=S(=O)=O.O=S(=O)=O.O=S(=O)=O.[Na+].[Na+].[Na+].[Na+].[Na+].[Na+]. The van der Waals surface area contributed by atoms with Crippen molar-refractivity contribution in [3.05, 3.63) is 252 Å². The summed E-state index contributed by atoms with van der Waals surface area (Å²) in [6, 6.07) is 42.3. The summed E-state index contributed by atoms with van der Waals surface area (Å²) >= 11 is 0. The number of benzene rings is 8. The van der Waals surface area contributed by atoms with Crippen LogP contribution in [0.4, 0.5) is 46.5 Å². The standard InChI is InChI=1S/C72H51N14O15S3.6Na.3O3S/c1-83-49-23-21-46(57-59(49)55(42-15-6-8-17-44(42)65(57)89)61(67(83)91)63(87)37-11-4-3-5-12-37)75-40-20-26-51(103(96,97)98)39(33-40)35-54-78-70(74)82-72(80-54)86-29-27-85(28-30-86)71-79-53(77-69(73)81-71)32-36-19-25-52(104(99,100)101)48(31-36)76-47-22-24-50-60-56(43-16-7-9-18-45(43)66(90)58(47)60)62(68(92)84(50)2)64(88)38-13-10-14-41(34-38)102(93,94)95;;;;;;;3*1-4(2)3/h3-4,6-18,21-26,31,33-34,75-76H,27-30,32,35H2,1-2H3,(H,93,94,95)(H,96,97,98)(H,99,100,101)(H2,73,77,79,81)(H2,74,78,80,82);;;;;;;;;/q-3;6*+1;;;/p-3. The molecule has 0 atom stereocenters. The van der Waals surface area contributed by atoms with Crippen LogP contribution in [-0.2, 0) is 89.1 Å². The molecule has 1 aliphatic heterocycles. The minimum atomic E-state index is -5.29. The Kier molecular flexibility index (Phi) is 35.9. The number of piperazine rings is 1. The monoisotopic (exact) mass is 1820 g/mol. The van der Waals surface area contributed by atoms with Crippen LogP contribution in [0.3, 0.4) is 0 Å². The molecule has 15 rings (SSSR count). The van der Waals surface area contributed by atoms with Gasteiger partial charge in [0.1, 0.15) is 27.6 Å². The van der Waals surface area contributed by atoms with Gasteiger partial charge in [0.2, 0.25) is 23.8 Å². The zero-order chi connectivity index (χ0) is 83.9. The van der Waals surface area contributed by atoms with E-state index in [0.717, 1.165) is 28.8 Å². The molecule has 1 fully saturated rings. The first-order chi connectivity index (χ1) is 54.8. The second kappa shape index (κ2) is 42.5. The van der Waals surface area contributed by atoms with Crippen LogP contribution in [0, 0.1) is 18.2 Å². The fourth-order valence-electron chi connectivity index (χ4n) is 13.5. The fraction of sp³-hybridized carbons (Fsp3) is 0.111. The van der Waals surface area contributed by atoms with Crippen molar-refractivity contribution in [2.24, 2.45) is 14.1 Å². The number of carbonyl (C=O) groups is 4. The summed E-state index contributed by atoms with van der Waals surface area (Å²) in [5.74, 6) is -2.78. The molecule has 0 spiro atoms. The molecule has 592 valence electrons. The number of nitrogen functional groups attached to an aromatic ring is 2. The predicted molar refractivity (Wildman–Crippen MR) is 403 cm³/mol. The van der Waals surface area contributed by atoms with E-state index in [1.165, 1.54) is 73.3 Å². The van der Waals surface area contributed by atoms with Gasteiger partial charge in [-0.2, -0.15) is 90.1 Å². The first-order valence-corrected chi connectivity index (χ1v) is 40.2. The van der Waals surface area contributed by atoms with Crippen molar-refractivity contribution in [1.29, 1.82) is 0 Å². The van der Waals surface area contributed by atoms with E-state index in [2.05, 4.69) is 58.7 Å². The molecule has 5 heterocycles. The van der Waals surface area contributed by atoms with E-state index >= 15 is 0 Å². The van der Waals surface area contributed by atoms with Crippen molar-refractivity contribution >= 4 is 154 Å². The molecule has 12 aromatic rings. The normalized spacial score (nSPS) is 12.0. The number of aromatic nitrogens is 8. The van der Waals surface area contributed by atoms with Gasteiger partial charge in [-0.25, -0.2) is 8.42 Å². The molecule has 3 aliphatic rings. The Labute approximate surface area is 828 Å². The first kappa shape index (κ1) is 103. The summed E-state index contributed by atoms with van der Waals surface area (Å²) in [7, 11) is -22.0. The maximum atomic E-state index is 14.8. The molecule has 0 bridgehead atoms.